The molecule has 0 aliphatic carbocycles. The number of hydrogen-bond donors (Lipinski definition) is 1. The van der Waals surface area contributed by atoms with Crippen LogP contribution >= 0.6 is 61.7 Å². The Kier molecular flexibility index (Phi) is 6.20. The molecular weight excluding hydrogens is 488 g/mol. The Morgan fingerprint density at radius 3 is 2.52 bits per heavy atom. The molecule has 0 saturated heterocycles. The summed E-state index contributed by atoms with van der Waals surface area (Å²) in [5, 5.41) is 4.67. The molecule has 21 heavy (non-hydrogen) atoms. The molecule has 2 aromatic carbocycles. The standard InChI is InChI=1S/C15H13BrCl2INO/c1-20-14(8-3-4-13(19)12(18)5-8)10-6-9(17)7-11(16)15(10)21-2/h3-7,14,20H,1-2H3. The Morgan fingerprint density at radius 1 is 1.24 bits per heavy atom. The number of methoxy groups -OCH3 is 1. The average Bonchev–Trinajstić information content (AvgIpc) is 2.43. The summed E-state index contributed by atoms with van der Waals surface area (Å²) in [7, 11) is 3.54. The van der Waals surface area contributed by atoms with Gasteiger partial charge in [-0.25, -0.2) is 0 Å². The van der Waals surface area contributed by atoms with Crippen LogP contribution in [0.4, 0.5) is 0 Å². The smallest absolute Gasteiger partial charge is 0.138 e. The van der Waals surface area contributed by atoms with Gasteiger partial charge in [0.1, 0.15) is 5.75 Å². The lowest BCUT2D eigenvalue weighted by Crippen LogP contribution is -2.18. The monoisotopic (exact) mass is 499 g/mol. The molecule has 0 bridgehead atoms. The number of halogens is 4. The topological polar surface area (TPSA) is 21.3 Å². The third-order valence-corrected chi connectivity index (χ3v) is 5.50. The molecule has 0 saturated carbocycles. The van der Waals surface area contributed by atoms with Crippen LogP contribution in [0, 0.1) is 3.57 Å². The van der Waals surface area contributed by atoms with E-state index >= 15 is 0 Å². The maximum absolute atomic E-state index is 6.24. The molecule has 0 amide bonds. The van der Waals surface area contributed by atoms with Crippen molar-refractivity contribution < 1.29 is 4.74 Å². The van der Waals surface area contributed by atoms with Gasteiger partial charge in [0.25, 0.3) is 0 Å². The molecule has 0 aromatic heterocycles. The maximum Gasteiger partial charge on any atom is 0.138 e. The minimum Gasteiger partial charge on any atom is -0.495 e. The lowest BCUT2D eigenvalue weighted by atomic mass is 9.98. The van der Waals surface area contributed by atoms with E-state index in [9.17, 15) is 0 Å². The largest absolute Gasteiger partial charge is 0.495 e. The molecule has 1 unspecified atom stereocenters. The highest BCUT2D eigenvalue weighted by Gasteiger charge is 2.20. The highest BCUT2D eigenvalue weighted by atomic mass is 127. The first-order chi connectivity index (χ1) is 9.97. The van der Waals surface area contributed by atoms with Crippen molar-refractivity contribution in [1.29, 1.82) is 0 Å². The molecule has 2 nitrogen and oxygen atoms in total. The van der Waals surface area contributed by atoms with Gasteiger partial charge in [-0.15, -0.1) is 0 Å². The molecule has 2 aromatic rings. The van der Waals surface area contributed by atoms with Gasteiger partial charge in [0.15, 0.2) is 0 Å². The van der Waals surface area contributed by atoms with Crippen molar-refractivity contribution in [3.63, 3.8) is 0 Å². The quantitative estimate of drug-likeness (QED) is 0.545. The summed E-state index contributed by atoms with van der Waals surface area (Å²) >= 11 is 18.1. The summed E-state index contributed by atoms with van der Waals surface area (Å²) in [5.74, 6) is 0.758. The summed E-state index contributed by atoms with van der Waals surface area (Å²) in [5.41, 5.74) is 2.01. The van der Waals surface area contributed by atoms with Gasteiger partial charge in [-0.05, 0) is 75.4 Å². The van der Waals surface area contributed by atoms with Gasteiger partial charge >= 0.3 is 0 Å². The highest BCUT2D eigenvalue weighted by Crippen LogP contribution is 2.38. The first-order valence-corrected chi connectivity index (χ1v) is 8.75. The highest BCUT2D eigenvalue weighted by molar-refractivity contribution is 14.1. The Labute approximate surface area is 156 Å². The van der Waals surface area contributed by atoms with Gasteiger partial charge in [-0.1, -0.05) is 29.3 Å². The van der Waals surface area contributed by atoms with Crippen molar-refractivity contribution in [3.8, 4) is 5.75 Å². The second kappa shape index (κ2) is 7.51. The van der Waals surface area contributed by atoms with Gasteiger partial charge < -0.3 is 10.1 Å². The fourth-order valence-electron chi connectivity index (χ4n) is 2.20. The van der Waals surface area contributed by atoms with Crippen LogP contribution in [0.3, 0.4) is 0 Å². The zero-order valence-corrected chi connectivity index (χ0v) is 16.6. The maximum atomic E-state index is 6.24. The fraction of sp³-hybridized carbons (Fsp3) is 0.200. The Hall–Kier alpha value is -0.0100. The number of ether oxygens (including phenoxy) is 1. The molecule has 0 spiro atoms. The van der Waals surface area contributed by atoms with Crippen LogP contribution in [0.15, 0.2) is 34.8 Å². The van der Waals surface area contributed by atoms with Crippen molar-refractivity contribution >= 4 is 61.7 Å². The molecule has 0 radical (unpaired) electrons. The summed E-state index contributed by atoms with van der Waals surface area (Å²) in [6.45, 7) is 0. The molecule has 1 N–H and O–H groups in total. The van der Waals surface area contributed by atoms with Crippen LogP contribution in [0.2, 0.25) is 10.0 Å². The second-order valence-electron chi connectivity index (χ2n) is 4.41. The Morgan fingerprint density at radius 2 is 1.95 bits per heavy atom. The fourth-order valence-corrected chi connectivity index (χ4v) is 3.72. The zero-order chi connectivity index (χ0) is 15.6. The van der Waals surface area contributed by atoms with Crippen LogP contribution in [0.5, 0.6) is 5.75 Å². The van der Waals surface area contributed by atoms with E-state index in [0.29, 0.717) is 5.02 Å². The van der Waals surface area contributed by atoms with Crippen LogP contribution in [-0.4, -0.2) is 14.2 Å². The van der Waals surface area contributed by atoms with Crippen LogP contribution in [0.25, 0.3) is 0 Å². The number of hydrogen-bond acceptors (Lipinski definition) is 2. The SMILES string of the molecule is CNC(c1ccc(I)c(Cl)c1)c1cc(Cl)cc(Br)c1OC. The third-order valence-electron chi connectivity index (χ3n) is 3.12. The van der Waals surface area contributed by atoms with Gasteiger partial charge in [0, 0.05) is 14.2 Å². The number of rotatable bonds is 4. The summed E-state index contributed by atoms with van der Waals surface area (Å²) in [4.78, 5) is 0. The average molecular weight is 501 g/mol. The summed E-state index contributed by atoms with van der Waals surface area (Å²) in [6, 6.07) is 9.65. The predicted octanol–water partition coefficient (Wildman–Crippen LogP) is 5.68. The number of nitrogens with one attached hydrogen (secondary N) is 1. The molecule has 2 rings (SSSR count). The van der Waals surface area contributed by atoms with E-state index in [2.05, 4.69) is 43.8 Å². The van der Waals surface area contributed by atoms with Crippen molar-refractivity contribution in [3.05, 3.63) is 59.5 Å². The van der Waals surface area contributed by atoms with Crippen molar-refractivity contribution in [2.24, 2.45) is 0 Å². The van der Waals surface area contributed by atoms with Crippen LogP contribution in [-0.2, 0) is 0 Å². The van der Waals surface area contributed by atoms with Crippen molar-refractivity contribution in [2.45, 2.75) is 6.04 Å². The van der Waals surface area contributed by atoms with Gasteiger partial charge in [0.2, 0.25) is 0 Å². The molecular formula is C15H13BrCl2INO. The summed E-state index contributed by atoms with van der Waals surface area (Å²) < 4.78 is 7.35. The Balaban J connectivity index is 2.58. The van der Waals surface area contributed by atoms with Gasteiger partial charge in [0.05, 0.1) is 22.6 Å². The van der Waals surface area contributed by atoms with E-state index in [1.807, 2.05) is 37.4 Å². The van der Waals surface area contributed by atoms with E-state index in [1.165, 1.54) is 0 Å². The lowest BCUT2D eigenvalue weighted by molar-refractivity contribution is 0.402. The van der Waals surface area contributed by atoms with E-state index < -0.39 is 0 Å². The van der Waals surface area contributed by atoms with Crippen molar-refractivity contribution in [2.75, 3.05) is 14.2 Å². The number of benzene rings is 2. The molecule has 0 fully saturated rings. The van der Waals surface area contributed by atoms with Crippen molar-refractivity contribution in [1.82, 2.24) is 5.32 Å². The van der Waals surface area contributed by atoms with E-state index in [1.54, 1.807) is 7.11 Å². The van der Waals surface area contributed by atoms with E-state index in [0.717, 1.165) is 29.9 Å². The minimum atomic E-state index is -0.0653. The second-order valence-corrected chi connectivity index (χ2v) is 7.27. The first kappa shape index (κ1) is 17.3. The lowest BCUT2D eigenvalue weighted by Gasteiger charge is -2.21. The molecule has 6 heteroatoms. The van der Waals surface area contributed by atoms with Gasteiger partial charge in [-0.2, -0.15) is 0 Å². The molecule has 112 valence electrons. The molecule has 1 atom stereocenters. The van der Waals surface area contributed by atoms with Gasteiger partial charge in [-0.3, -0.25) is 0 Å². The van der Waals surface area contributed by atoms with Crippen LogP contribution in [0.1, 0.15) is 17.2 Å². The minimum absolute atomic E-state index is 0.0653. The van der Waals surface area contributed by atoms with E-state index in [4.69, 9.17) is 27.9 Å². The molecule has 0 heterocycles. The predicted molar refractivity (Wildman–Crippen MR) is 101 cm³/mol. The Bertz CT molecular complexity index is 666. The first-order valence-electron chi connectivity index (χ1n) is 6.13. The third kappa shape index (κ3) is 3.85. The summed E-state index contributed by atoms with van der Waals surface area (Å²) in [6.07, 6.45) is 0. The molecule has 0 aliphatic heterocycles. The van der Waals surface area contributed by atoms with E-state index in [-0.39, 0.29) is 6.04 Å². The van der Waals surface area contributed by atoms with Crippen LogP contribution < -0.4 is 10.1 Å². The normalized spacial score (nSPS) is 12.3. The zero-order valence-electron chi connectivity index (χ0n) is 11.4. The molecule has 0 aliphatic rings.